The van der Waals surface area contributed by atoms with Gasteiger partial charge in [0.1, 0.15) is 6.04 Å². The molecule has 0 spiro atoms. The number of ether oxygens (including phenoxy) is 2. The largest absolute Gasteiger partial charge is 0.493 e. The van der Waals surface area contributed by atoms with Crippen molar-refractivity contribution in [3.05, 3.63) is 47.8 Å². The number of aryl methyl sites for hydroxylation is 1. The molecule has 1 atom stereocenters. The van der Waals surface area contributed by atoms with Gasteiger partial charge in [0.25, 0.3) is 0 Å². The number of hydrogen-bond acceptors (Lipinski definition) is 4. The molecule has 0 heterocycles. The fourth-order valence-corrected chi connectivity index (χ4v) is 1.97. The van der Waals surface area contributed by atoms with Crippen molar-refractivity contribution < 1.29 is 18.7 Å². The molecule has 3 N–H and O–H groups in total. The van der Waals surface area contributed by atoms with Crippen molar-refractivity contribution in [2.45, 2.75) is 19.9 Å². The van der Waals surface area contributed by atoms with E-state index in [1.54, 1.807) is 25.1 Å². The first-order chi connectivity index (χ1) is 10.9. The van der Waals surface area contributed by atoms with Gasteiger partial charge in [0, 0.05) is 11.8 Å². The molecule has 2 aromatic rings. The van der Waals surface area contributed by atoms with Gasteiger partial charge in [-0.2, -0.15) is 0 Å². The Morgan fingerprint density at radius 3 is 2.48 bits per heavy atom. The maximum Gasteiger partial charge on any atom is 0.239 e. The minimum Gasteiger partial charge on any atom is -0.493 e. The molecule has 0 bridgehead atoms. The smallest absolute Gasteiger partial charge is 0.239 e. The lowest BCUT2D eigenvalue weighted by molar-refractivity contribution is -0.118. The van der Waals surface area contributed by atoms with Gasteiger partial charge in [0.05, 0.1) is 7.11 Å². The van der Waals surface area contributed by atoms with Crippen LogP contribution in [0.25, 0.3) is 0 Å². The minimum absolute atomic E-state index is 0.0597. The average molecular weight is 318 g/mol. The molecule has 0 fully saturated rings. The lowest BCUT2D eigenvalue weighted by atomic mass is 10.2. The Labute approximate surface area is 134 Å². The highest BCUT2D eigenvalue weighted by Gasteiger charge is 2.12. The van der Waals surface area contributed by atoms with E-state index >= 15 is 0 Å². The third-order valence-corrected chi connectivity index (χ3v) is 3.28. The Kier molecular flexibility index (Phi) is 5.05. The summed E-state index contributed by atoms with van der Waals surface area (Å²) in [4.78, 5) is 11.0. The highest BCUT2D eigenvalue weighted by molar-refractivity contribution is 5.82. The van der Waals surface area contributed by atoms with Crippen LogP contribution in [-0.2, 0) is 4.79 Å². The number of hydrogen-bond donors (Lipinski definition) is 2. The molecule has 0 aliphatic heterocycles. The molecule has 0 aliphatic rings. The van der Waals surface area contributed by atoms with Crippen molar-refractivity contribution in [1.82, 2.24) is 0 Å². The lowest BCUT2D eigenvalue weighted by Crippen LogP contribution is -2.32. The van der Waals surface area contributed by atoms with E-state index in [2.05, 4.69) is 5.32 Å². The molecule has 0 aromatic heterocycles. The number of nitrogens with two attached hydrogens (primary N) is 1. The summed E-state index contributed by atoms with van der Waals surface area (Å²) in [6, 6.07) is 9.10. The van der Waals surface area contributed by atoms with Gasteiger partial charge in [-0.15, -0.1) is 0 Å². The second-order valence-electron chi connectivity index (χ2n) is 5.17. The number of benzene rings is 2. The summed E-state index contributed by atoms with van der Waals surface area (Å²) in [5.41, 5.74) is 6.61. The molecule has 2 aromatic carbocycles. The van der Waals surface area contributed by atoms with Crippen LogP contribution in [0.2, 0.25) is 0 Å². The van der Waals surface area contributed by atoms with Gasteiger partial charge in [0.15, 0.2) is 23.1 Å². The van der Waals surface area contributed by atoms with Crippen molar-refractivity contribution in [2.75, 3.05) is 12.4 Å². The molecule has 0 saturated carbocycles. The van der Waals surface area contributed by atoms with Crippen LogP contribution in [-0.4, -0.2) is 19.1 Å². The molecule has 0 saturated heterocycles. The number of anilines is 1. The summed E-state index contributed by atoms with van der Waals surface area (Å²) < 4.78 is 25.0. The van der Waals surface area contributed by atoms with Crippen LogP contribution in [0.15, 0.2) is 36.4 Å². The standard InChI is InChI=1S/C17H19FN2O3/c1-10-4-6-15(16(8-10)22-3)23-14-7-5-12(9-13(14)18)20-11(2)17(19)21/h4-9,11,20H,1-3H3,(H2,19,21)/t11-/m1/s1. The van der Waals surface area contributed by atoms with E-state index < -0.39 is 17.8 Å². The fraction of sp³-hybridized carbons (Fsp3) is 0.235. The van der Waals surface area contributed by atoms with Gasteiger partial charge in [0.2, 0.25) is 5.91 Å². The third-order valence-electron chi connectivity index (χ3n) is 3.28. The third kappa shape index (κ3) is 4.12. The average Bonchev–Trinajstić information content (AvgIpc) is 2.51. The van der Waals surface area contributed by atoms with E-state index in [0.29, 0.717) is 17.2 Å². The van der Waals surface area contributed by atoms with Gasteiger partial charge in [-0.3, -0.25) is 4.79 Å². The molecule has 5 nitrogen and oxygen atoms in total. The van der Waals surface area contributed by atoms with Crippen LogP contribution in [0, 0.1) is 12.7 Å². The predicted octanol–water partition coefficient (Wildman–Crippen LogP) is 3.22. The van der Waals surface area contributed by atoms with E-state index in [1.807, 2.05) is 13.0 Å². The fourth-order valence-electron chi connectivity index (χ4n) is 1.97. The Morgan fingerprint density at radius 2 is 1.87 bits per heavy atom. The van der Waals surface area contributed by atoms with Gasteiger partial charge in [-0.05, 0) is 43.7 Å². The van der Waals surface area contributed by atoms with Crippen LogP contribution in [0.3, 0.4) is 0 Å². The predicted molar refractivity (Wildman–Crippen MR) is 86.5 cm³/mol. The Balaban J connectivity index is 2.20. The monoisotopic (exact) mass is 318 g/mol. The van der Waals surface area contributed by atoms with E-state index in [1.165, 1.54) is 19.2 Å². The van der Waals surface area contributed by atoms with E-state index in [4.69, 9.17) is 15.2 Å². The summed E-state index contributed by atoms with van der Waals surface area (Å²) in [6.45, 7) is 3.52. The van der Waals surface area contributed by atoms with Crippen LogP contribution in [0.5, 0.6) is 17.2 Å². The Morgan fingerprint density at radius 1 is 1.17 bits per heavy atom. The number of primary amides is 1. The first-order valence-corrected chi connectivity index (χ1v) is 7.08. The van der Waals surface area contributed by atoms with Crippen molar-refractivity contribution in [3.8, 4) is 17.2 Å². The Bertz CT molecular complexity index is 719. The van der Waals surface area contributed by atoms with Gasteiger partial charge in [-0.1, -0.05) is 6.07 Å². The van der Waals surface area contributed by atoms with Gasteiger partial charge < -0.3 is 20.5 Å². The molecule has 23 heavy (non-hydrogen) atoms. The topological polar surface area (TPSA) is 73.6 Å². The number of carbonyl (C=O) groups is 1. The first kappa shape index (κ1) is 16.6. The van der Waals surface area contributed by atoms with Crippen molar-refractivity contribution in [1.29, 1.82) is 0 Å². The molecule has 6 heteroatoms. The molecule has 0 radical (unpaired) electrons. The highest BCUT2D eigenvalue weighted by Crippen LogP contribution is 2.34. The molecule has 122 valence electrons. The minimum atomic E-state index is -0.599. The number of carbonyl (C=O) groups excluding carboxylic acids is 1. The number of halogens is 1. The Hall–Kier alpha value is -2.76. The quantitative estimate of drug-likeness (QED) is 0.857. The maximum absolute atomic E-state index is 14.2. The SMILES string of the molecule is COc1cc(C)ccc1Oc1ccc(N[C@H](C)C(N)=O)cc1F. The van der Waals surface area contributed by atoms with Gasteiger partial charge >= 0.3 is 0 Å². The molecule has 0 aliphatic carbocycles. The zero-order valence-electron chi connectivity index (χ0n) is 13.2. The maximum atomic E-state index is 14.2. The number of rotatable bonds is 6. The van der Waals surface area contributed by atoms with Gasteiger partial charge in [-0.25, -0.2) is 4.39 Å². The number of amides is 1. The second-order valence-corrected chi connectivity index (χ2v) is 5.17. The number of nitrogens with one attached hydrogen (secondary N) is 1. The molecular weight excluding hydrogens is 299 g/mol. The normalized spacial score (nSPS) is 11.7. The molecule has 0 unspecified atom stereocenters. The highest BCUT2D eigenvalue weighted by atomic mass is 19.1. The van der Waals surface area contributed by atoms with Crippen molar-refractivity contribution >= 4 is 11.6 Å². The van der Waals surface area contributed by atoms with Crippen molar-refractivity contribution in [3.63, 3.8) is 0 Å². The zero-order valence-corrected chi connectivity index (χ0v) is 13.2. The number of methoxy groups -OCH3 is 1. The lowest BCUT2D eigenvalue weighted by Gasteiger charge is -2.14. The van der Waals surface area contributed by atoms with Crippen LogP contribution >= 0.6 is 0 Å². The zero-order chi connectivity index (χ0) is 17.0. The summed E-state index contributed by atoms with van der Waals surface area (Å²) in [7, 11) is 1.52. The molecule has 2 rings (SSSR count). The molecule has 1 amide bonds. The van der Waals surface area contributed by atoms with Crippen LogP contribution in [0.4, 0.5) is 10.1 Å². The van der Waals surface area contributed by atoms with Crippen molar-refractivity contribution in [2.24, 2.45) is 5.73 Å². The van der Waals surface area contributed by atoms with Crippen LogP contribution < -0.4 is 20.5 Å². The van der Waals surface area contributed by atoms with E-state index in [0.717, 1.165) is 5.56 Å². The van der Waals surface area contributed by atoms with E-state index in [-0.39, 0.29) is 5.75 Å². The van der Waals surface area contributed by atoms with Crippen LogP contribution in [0.1, 0.15) is 12.5 Å². The molecular formula is C17H19FN2O3. The first-order valence-electron chi connectivity index (χ1n) is 7.08. The summed E-state index contributed by atoms with van der Waals surface area (Å²) in [5, 5.41) is 2.81. The summed E-state index contributed by atoms with van der Waals surface area (Å²) in [6.07, 6.45) is 0. The second kappa shape index (κ2) is 7.00. The summed E-state index contributed by atoms with van der Waals surface area (Å²) in [5.74, 6) is -0.0778. The van der Waals surface area contributed by atoms with E-state index in [9.17, 15) is 9.18 Å². The summed E-state index contributed by atoms with van der Waals surface area (Å²) >= 11 is 0.